The lowest BCUT2D eigenvalue weighted by Crippen LogP contribution is -2.03. The Kier molecular flexibility index (Phi) is 5.71. The van der Waals surface area contributed by atoms with E-state index in [0.717, 1.165) is 39.4 Å². The van der Waals surface area contributed by atoms with Gasteiger partial charge >= 0.3 is 0 Å². The molecule has 0 aliphatic heterocycles. The summed E-state index contributed by atoms with van der Waals surface area (Å²) in [5.74, 6) is 3.00. The van der Waals surface area contributed by atoms with E-state index in [2.05, 4.69) is 20.4 Å². The number of rotatable bonds is 8. The Bertz CT molecular complexity index is 1280. The maximum atomic E-state index is 5.57. The van der Waals surface area contributed by atoms with Crippen molar-refractivity contribution in [1.82, 2.24) is 29.8 Å². The standard InChI is InChI=1S/C23H20N6O2S/c1-30-20-11-9-17(10-12-20)22-25-26-23(28(22)15-21-8-5-13-31-21)32-16-18-14-24-29(27-18)19-6-3-2-4-7-19/h2-14H,15-16H2,1H3. The fraction of sp³-hybridized carbons (Fsp3) is 0.130. The van der Waals surface area contributed by atoms with E-state index in [1.54, 1.807) is 36.1 Å². The van der Waals surface area contributed by atoms with E-state index in [4.69, 9.17) is 9.15 Å². The molecule has 3 aromatic heterocycles. The predicted molar refractivity (Wildman–Crippen MR) is 121 cm³/mol. The number of methoxy groups -OCH3 is 1. The predicted octanol–water partition coefficient (Wildman–Crippen LogP) is 4.47. The smallest absolute Gasteiger partial charge is 0.192 e. The monoisotopic (exact) mass is 444 g/mol. The van der Waals surface area contributed by atoms with Gasteiger partial charge < -0.3 is 9.15 Å². The van der Waals surface area contributed by atoms with Crippen molar-refractivity contribution in [2.45, 2.75) is 17.5 Å². The van der Waals surface area contributed by atoms with Crippen LogP contribution in [0.4, 0.5) is 0 Å². The molecule has 9 heteroatoms. The fourth-order valence-electron chi connectivity index (χ4n) is 3.24. The van der Waals surface area contributed by atoms with Gasteiger partial charge in [-0.1, -0.05) is 30.0 Å². The van der Waals surface area contributed by atoms with Gasteiger partial charge in [-0.15, -0.1) is 10.2 Å². The topological polar surface area (TPSA) is 83.8 Å². The lowest BCUT2D eigenvalue weighted by Gasteiger charge is -2.09. The van der Waals surface area contributed by atoms with Gasteiger partial charge in [0.1, 0.15) is 11.5 Å². The van der Waals surface area contributed by atoms with Crippen LogP contribution in [0.5, 0.6) is 5.75 Å². The van der Waals surface area contributed by atoms with Gasteiger partial charge in [-0.05, 0) is 48.5 Å². The van der Waals surface area contributed by atoms with Crippen molar-refractivity contribution in [3.05, 3.63) is 90.6 Å². The molecule has 0 unspecified atom stereocenters. The van der Waals surface area contributed by atoms with Gasteiger partial charge in [0, 0.05) is 11.3 Å². The van der Waals surface area contributed by atoms with Crippen LogP contribution in [0, 0.1) is 0 Å². The molecule has 0 amide bonds. The molecule has 8 nitrogen and oxygen atoms in total. The lowest BCUT2D eigenvalue weighted by molar-refractivity contribution is 0.415. The van der Waals surface area contributed by atoms with Crippen LogP contribution < -0.4 is 4.74 Å². The summed E-state index contributed by atoms with van der Waals surface area (Å²) in [7, 11) is 1.65. The van der Waals surface area contributed by atoms with Gasteiger partial charge in [0.2, 0.25) is 0 Å². The molecule has 0 aliphatic carbocycles. The van der Waals surface area contributed by atoms with Crippen LogP contribution in [0.15, 0.2) is 88.8 Å². The van der Waals surface area contributed by atoms with Gasteiger partial charge in [-0.25, -0.2) is 0 Å². The third kappa shape index (κ3) is 4.28. The van der Waals surface area contributed by atoms with E-state index >= 15 is 0 Å². The SMILES string of the molecule is COc1ccc(-c2nnc(SCc3cnn(-c4ccccc4)n3)n2Cc2ccco2)cc1. The molecule has 160 valence electrons. The minimum Gasteiger partial charge on any atom is -0.497 e. The second kappa shape index (κ2) is 9.11. The van der Waals surface area contributed by atoms with E-state index in [9.17, 15) is 0 Å². The summed E-state index contributed by atoms with van der Waals surface area (Å²) in [4.78, 5) is 1.63. The largest absolute Gasteiger partial charge is 0.497 e. The van der Waals surface area contributed by atoms with E-state index in [1.165, 1.54) is 0 Å². The van der Waals surface area contributed by atoms with Crippen molar-refractivity contribution >= 4 is 11.8 Å². The van der Waals surface area contributed by atoms with Crippen LogP contribution >= 0.6 is 11.8 Å². The normalized spacial score (nSPS) is 11.0. The Hall–Kier alpha value is -3.85. The number of furan rings is 1. The summed E-state index contributed by atoms with van der Waals surface area (Å²) in [6, 6.07) is 21.4. The Labute approximate surface area is 188 Å². The molecular weight excluding hydrogens is 424 g/mol. The zero-order valence-electron chi connectivity index (χ0n) is 17.3. The van der Waals surface area contributed by atoms with Crippen LogP contribution in [0.25, 0.3) is 17.1 Å². The molecule has 0 N–H and O–H groups in total. The Morgan fingerprint density at radius 2 is 1.81 bits per heavy atom. The van der Waals surface area contributed by atoms with Gasteiger partial charge in [-0.2, -0.15) is 15.0 Å². The molecule has 32 heavy (non-hydrogen) atoms. The van der Waals surface area contributed by atoms with Crippen molar-refractivity contribution in [3.63, 3.8) is 0 Å². The molecule has 5 rings (SSSR count). The number of hydrogen-bond acceptors (Lipinski definition) is 7. The van der Waals surface area contributed by atoms with Gasteiger partial charge in [0.25, 0.3) is 0 Å². The average molecular weight is 445 g/mol. The highest BCUT2D eigenvalue weighted by Gasteiger charge is 2.17. The number of benzene rings is 2. The van der Waals surface area contributed by atoms with E-state index in [1.807, 2.05) is 71.3 Å². The molecule has 0 aliphatic rings. The van der Waals surface area contributed by atoms with Crippen LogP contribution in [0.2, 0.25) is 0 Å². The van der Waals surface area contributed by atoms with Crippen molar-refractivity contribution in [3.8, 4) is 22.8 Å². The first-order chi connectivity index (χ1) is 15.8. The zero-order chi connectivity index (χ0) is 21.8. The average Bonchev–Trinajstić information content (AvgIpc) is 3.61. The number of hydrogen-bond donors (Lipinski definition) is 0. The third-order valence-electron chi connectivity index (χ3n) is 4.83. The summed E-state index contributed by atoms with van der Waals surface area (Å²) in [6.45, 7) is 0.528. The minimum atomic E-state index is 0.528. The van der Waals surface area contributed by atoms with Crippen molar-refractivity contribution < 1.29 is 9.15 Å². The van der Waals surface area contributed by atoms with Crippen LogP contribution in [-0.4, -0.2) is 36.9 Å². The van der Waals surface area contributed by atoms with Crippen LogP contribution in [0.3, 0.4) is 0 Å². The summed E-state index contributed by atoms with van der Waals surface area (Å²) in [5, 5.41) is 18.6. The fourth-order valence-corrected chi connectivity index (χ4v) is 4.05. The van der Waals surface area contributed by atoms with E-state index in [-0.39, 0.29) is 0 Å². The van der Waals surface area contributed by atoms with E-state index in [0.29, 0.717) is 12.3 Å². The van der Waals surface area contributed by atoms with Gasteiger partial charge in [-0.3, -0.25) is 4.57 Å². The Balaban J connectivity index is 1.39. The van der Waals surface area contributed by atoms with Crippen LogP contribution in [-0.2, 0) is 12.3 Å². The molecule has 0 spiro atoms. The number of thioether (sulfide) groups is 1. The number of nitrogens with zero attached hydrogens (tertiary/aromatic N) is 6. The van der Waals surface area contributed by atoms with Crippen molar-refractivity contribution in [2.75, 3.05) is 7.11 Å². The highest BCUT2D eigenvalue weighted by atomic mass is 32.2. The number of ether oxygens (including phenoxy) is 1. The molecule has 0 atom stereocenters. The minimum absolute atomic E-state index is 0.528. The molecular formula is C23H20N6O2S. The maximum Gasteiger partial charge on any atom is 0.192 e. The Morgan fingerprint density at radius 1 is 0.969 bits per heavy atom. The molecule has 2 aromatic carbocycles. The van der Waals surface area contributed by atoms with Crippen molar-refractivity contribution in [1.29, 1.82) is 0 Å². The van der Waals surface area contributed by atoms with Crippen LogP contribution in [0.1, 0.15) is 11.5 Å². The molecule has 0 fully saturated rings. The molecule has 0 saturated heterocycles. The summed E-state index contributed by atoms with van der Waals surface area (Å²) >= 11 is 1.56. The Morgan fingerprint density at radius 3 is 2.56 bits per heavy atom. The number of aromatic nitrogens is 6. The first-order valence-electron chi connectivity index (χ1n) is 9.99. The molecule has 3 heterocycles. The number of para-hydroxylation sites is 1. The highest BCUT2D eigenvalue weighted by molar-refractivity contribution is 7.98. The maximum absolute atomic E-state index is 5.57. The zero-order valence-corrected chi connectivity index (χ0v) is 18.1. The third-order valence-corrected chi connectivity index (χ3v) is 5.84. The highest BCUT2D eigenvalue weighted by Crippen LogP contribution is 2.28. The van der Waals surface area contributed by atoms with Gasteiger partial charge in [0.15, 0.2) is 11.0 Å². The first kappa shape index (κ1) is 20.1. The first-order valence-corrected chi connectivity index (χ1v) is 11.0. The summed E-state index contributed by atoms with van der Waals surface area (Å²) in [5.41, 5.74) is 2.73. The molecule has 0 bridgehead atoms. The quantitative estimate of drug-likeness (QED) is 0.327. The second-order valence-electron chi connectivity index (χ2n) is 6.95. The second-order valence-corrected chi connectivity index (χ2v) is 7.89. The van der Waals surface area contributed by atoms with Gasteiger partial charge in [0.05, 0.1) is 37.5 Å². The molecule has 0 saturated carbocycles. The lowest BCUT2D eigenvalue weighted by atomic mass is 10.2. The summed E-state index contributed by atoms with van der Waals surface area (Å²) in [6.07, 6.45) is 3.44. The molecule has 5 aromatic rings. The van der Waals surface area contributed by atoms with E-state index < -0.39 is 0 Å². The van der Waals surface area contributed by atoms with Crippen molar-refractivity contribution in [2.24, 2.45) is 0 Å². The molecule has 0 radical (unpaired) electrons. The summed E-state index contributed by atoms with van der Waals surface area (Å²) < 4.78 is 12.9.